The number of nitrogens with one attached hydrogen (secondary N) is 1. The molecule has 2 unspecified atom stereocenters. The maximum absolute atomic E-state index is 12.9. The summed E-state index contributed by atoms with van der Waals surface area (Å²) < 4.78 is 0. The number of H-pyrrole nitrogens is 1. The summed E-state index contributed by atoms with van der Waals surface area (Å²) in [7, 11) is 0. The number of rotatable bonds is 2. The third-order valence-electron chi connectivity index (χ3n) is 4.43. The number of nitrogens with two attached hydrogens (primary N) is 1. The van der Waals surface area contributed by atoms with Crippen LogP contribution in [0.5, 0.6) is 0 Å². The first kappa shape index (κ1) is 13.0. The molecule has 2 atom stereocenters. The van der Waals surface area contributed by atoms with Crippen molar-refractivity contribution in [3.8, 4) is 0 Å². The Morgan fingerprint density at radius 1 is 1.45 bits per heavy atom. The van der Waals surface area contributed by atoms with Crippen molar-refractivity contribution in [2.24, 2.45) is 0 Å². The van der Waals surface area contributed by atoms with Crippen molar-refractivity contribution < 1.29 is 4.79 Å². The molecular formula is C16H21N3O. The van der Waals surface area contributed by atoms with Crippen LogP contribution in [0, 0.1) is 0 Å². The fraction of sp³-hybridized carbons (Fsp3) is 0.438. The summed E-state index contributed by atoms with van der Waals surface area (Å²) in [5, 5.41) is 0.920. The average Bonchev–Trinajstić information content (AvgIpc) is 3.01. The summed E-state index contributed by atoms with van der Waals surface area (Å²) in [5.41, 5.74) is 8.23. The summed E-state index contributed by atoms with van der Waals surface area (Å²) in [6.07, 6.45) is 5.02. The maximum Gasteiger partial charge on any atom is 0.256 e. The Bertz CT molecular complexity index is 646. The lowest BCUT2D eigenvalue weighted by molar-refractivity contribution is 0.0678. The Labute approximate surface area is 118 Å². The third-order valence-corrected chi connectivity index (χ3v) is 4.43. The van der Waals surface area contributed by atoms with Gasteiger partial charge in [0.05, 0.1) is 5.56 Å². The highest BCUT2D eigenvalue weighted by atomic mass is 16.2. The highest BCUT2D eigenvalue weighted by molar-refractivity contribution is 6.07. The predicted octanol–water partition coefficient (Wildman–Crippen LogP) is 3.15. The van der Waals surface area contributed by atoms with E-state index >= 15 is 0 Å². The zero-order valence-corrected chi connectivity index (χ0v) is 12.0. The Kier molecular flexibility index (Phi) is 3.16. The number of benzene rings is 1. The zero-order chi connectivity index (χ0) is 14.3. The number of amides is 1. The van der Waals surface area contributed by atoms with Gasteiger partial charge in [-0.05, 0) is 44.4 Å². The first-order chi connectivity index (χ1) is 9.61. The van der Waals surface area contributed by atoms with Gasteiger partial charge in [0.25, 0.3) is 5.91 Å². The minimum Gasteiger partial charge on any atom is -0.399 e. The Morgan fingerprint density at radius 2 is 2.25 bits per heavy atom. The van der Waals surface area contributed by atoms with Crippen molar-refractivity contribution >= 4 is 22.5 Å². The standard InChI is InChI=1S/C16H21N3O/c1-3-12-6-4-10(2)19(12)16(20)14-9-18-15-7-5-11(17)8-13(14)15/h5,7-10,12,18H,3-4,6,17H2,1-2H3. The van der Waals surface area contributed by atoms with Crippen LogP contribution >= 0.6 is 0 Å². The monoisotopic (exact) mass is 271 g/mol. The number of aromatic nitrogens is 1. The summed E-state index contributed by atoms with van der Waals surface area (Å²) >= 11 is 0. The van der Waals surface area contributed by atoms with Gasteiger partial charge in [0.2, 0.25) is 0 Å². The Hall–Kier alpha value is -1.97. The smallest absolute Gasteiger partial charge is 0.256 e. The number of carbonyl (C=O) groups is 1. The minimum absolute atomic E-state index is 0.124. The fourth-order valence-corrected chi connectivity index (χ4v) is 3.29. The minimum atomic E-state index is 0.124. The molecule has 1 amide bonds. The molecule has 1 aromatic heterocycles. The van der Waals surface area contributed by atoms with Gasteiger partial charge in [-0.2, -0.15) is 0 Å². The maximum atomic E-state index is 12.9. The molecule has 2 heterocycles. The third kappa shape index (κ3) is 1.96. The summed E-state index contributed by atoms with van der Waals surface area (Å²) in [6, 6.07) is 6.33. The summed E-state index contributed by atoms with van der Waals surface area (Å²) in [6.45, 7) is 4.28. The van der Waals surface area contributed by atoms with Crippen LogP contribution in [0.1, 0.15) is 43.5 Å². The number of carbonyl (C=O) groups excluding carboxylic acids is 1. The van der Waals surface area contributed by atoms with Gasteiger partial charge in [-0.3, -0.25) is 4.79 Å². The molecule has 1 saturated heterocycles. The molecule has 0 aliphatic carbocycles. The van der Waals surface area contributed by atoms with Crippen molar-refractivity contribution in [1.29, 1.82) is 0 Å². The lowest BCUT2D eigenvalue weighted by Gasteiger charge is -2.27. The number of hydrogen-bond acceptors (Lipinski definition) is 2. The van der Waals surface area contributed by atoms with E-state index in [0.717, 1.165) is 35.7 Å². The van der Waals surface area contributed by atoms with E-state index in [1.165, 1.54) is 0 Å². The van der Waals surface area contributed by atoms with Crippen molar-refractivity contribution in [3.05, 3.63) is 30.0 Å². The SMILES string of the molecule is CCC1CCC(C)N1C(=O)c1c[nH]c2ccc(N)cc12. The van der Waals surface area contributed by atoms with Gasteiger partial charge in [-0.1, -0.05) is 6.92 Å². The first-order valence-electron chi connectivity index (χ1n) is 7.31. The Balaban J connectivity index is 2.02. The molecule has 4 nitrogen and oxygen atoms in total. The molecular weight excluding hydrogens is 250 g/mol. The van der Waals surface area contributed by atoms with Crippen molar-refractivity contribution in [2.45, 2.75) is 45.2 Å². The highest BCUT2D eigenvalue weighted by Gasteiger charge is 2.34. The van der Waals surface area contributed by atoms with Gasteiger partial charge < -0.3 is 15.6 Å². The normalized spacial score (nSPS) is 22.6. The molecule has 1 aliphatic rings. The largest absolute Gasteiger partial charge is 0.399 e. The van der Waals surface area contributed by atoms with E-state index in [4.69, 9.17) is 5.73 Å². The second kappa shape index (κ2) is 4.85. The quantitative estimate of drug-likeness (QED) is 0.824. The van der Waals surface area contributed by atoms with E-state index in [0.29, 0.717) is 17.8 Å². The molecule has 0 bridgehead atoms. The van der Waals surface area contributed by atoms with Gasteiger partial charge in [0.1, 0.15) is 0 Å². The molecule has 106 valence electrons. The molecule has 3 N–H and O–H groups in total. The van der Waals surface area contributed by atoms with E-state index in [9.17, 15) is 4.79 Å². The molecule has 0 spiro atoms. The van der Waals surface area contributed by atoms with Crippen LogP contribution in [0.25, 0.3) is 10.9 Å². The molecule has 0 radical (unpaired) electrons. The molecule has 1 fully saturated rings. The summed E-state index contributed by atoms with van der Waals surface area (Å²) in [4.78, 5) is 18.1. The molecule has 1 aromatic carbocycles. The van der Waals surface area contributed by atoms with E-state index in [1.54, 1.807) is 0 Å². The number of likely N-dealkylation sites (tertiary alicyclic amines) is 1. The Morgan fingerprint density at radius 3 is 3.00 bits per heavy atom. The molecule has 1 aliphatic heterocycles. The first-order valence-corrected chi connectivity index (χ1v) is 7.31. The van der Waals surface area contributed by atoms with E-state index in [1.807, 2.05) is 29.3 Å². The molecule has 0 saturated carbocycles. The topological polar surface area (TPSA) is 62.1 Å². The summed E-state index contributed by atoms with van der Waals surface area (Å²) in [5.74, 6) is 0.124. The van der Waals surface area contributed by atoms with Crippen LogP contribution < -0.4 is 5.73 Å². The number of fused-ring (bicyclic) bond motifs is 1. The van der Waals surface area contributed by atoms with Crippen LogP contribution in [0.2, 0.25) is 0 Å². The van der Waals surface area contributed by atoms with E-state index < -0.39 is 0 Å². The lowest BCUT2D eigenvalue weighted by atomic mass is 10.1. The van der Waals surface area contributed by atoms with E-state index in [-0.39, 0.29) is 5.91 Å². The zero-order valence-electron chi connectivity index (χ0n) is 12.0. The fourth-order valence-electron chi connectivity index (χ4n) is 3.29. The molecule has 3 rings (SSSR count). The van der Waals surface area contributed by atoms with Gasteiger partial charge in [0.15, 0.2) is 0 Å². The second-order valence-electron chi connectivity index (χ2n) is 5.71. The van der Waals surface area contributed by atoms with Gasteiger partial charge >= 0.3 is 0 Å². The van der Waals surface area contributed by atoms with Crippen molar-refractivity contribution in [3.63, 3.8) is 0 Å². The number of hydrogen-bond donors (Lipinski definition) is 2. The lowest BCUT2D eigenvalue weighted by Crippen LogP contribution is -2.39. The van der Waals surface area contributed by atoms with Crippen molar-refractivity contribution in [1.82, 2.24) is 9.88 Å². The van der Waals surface area contributed by atoms with Crippen LogP contribution in [0.3, 0.4) is 0 Å². The molecule has 20 heavy (non-hydrogen) atoms. The number of aromatic amines is 1. The van der Waals surface area contributed by atoms with E-state index in [2.05, 4.69) is 18.8 Å². The number of nitrogen functional groups attached to an aromatic ring is 1. The average molecular weight is 271 g/mol. The second-order valence-corrected chi connectivity index (χ2v) is 5.71. The van der Waals surface area contributed by atoms with Gasteiger partial charge in [-0.25, -0.2) is 0 Å². The van der Waals surface area contributed by atoms with Crippen LogP contribution in [-0.4, -0.2) is 27.9 Å². The van der Waals surface area contributed by atoms with Gasteiger partial charge in [0, 0.05) is 34.9 Å². The molecule has 4 heteroatoms. The number of anilines is 1. The van der Waals surface area contributed by atoms with Crippen LogP contribution in [0.15, 0.2) is 24.4 Å². The highest BCUT2D eigenvalue weighted by Crippen LogP contribution is 2.30. The molecule has 2 aromatic rings. The number of nitrogens with zero attached hydrogens (tertiary/aromatic N) is 1. The van der Waals surface area contributed by atoms with Crippen LogP contribution in [-0.2, 0) is 0 Å². The van der Waals surface area contributed by atoms with Gasteiger partial charge in [-0.15, -0.1) is 0 Å². The van der Waals surface area contributed by atoms with Crippen molar-refractivity contribution in [2.75, 3.05) is 5.73 Å². The predicted molar refractivity (Wildman–Crippen MR) is 81.7 cm³/mol. The van der Waals surface area contributed by atoms with Crippen LogP contribution in [0.4, 0.5) is 5.69 Å².